The lowest BCUT2D eigenvalue weighted by molar-refractivity contribution is -0.274. The summed E-state index contributed by atoms with van der Waals surface area (Å²) in [5.41, 5.74) is 1.14. The largest absolute Gasteiger partial charge is 0.573 e. The van der Waals surface area contributed by atoms with Crippen LogP contribution in [0.5, 0.6) is 5.75 Å². The molecule has 0 radical (unpaired) electrons. The maximum absolute atomic E-state index is 12.3. The van der Waals surface area contributed by atoms with E-state index in [4.69, 9.17) is 0 Å². The average molecular weight is 310 g/mol. The molecule has 1 aliphatic heterocycles. The zero-order valence-electron chi connectivity index (χ0n) is 10.6. The van der Waals surface area contributed by atoms with Crippen LogP contribution in [-0.4, -0.2) is 12.1 Å². The van der Waals surface area contributed by atoms with Crippen molar-refractivity contribution in [2.75, 3.05) is 0 Å². The van der Waals surface area contributed by atoms with Crippen LogP contribution in [0.25, 0.3) is 0 Å². The highest BCUT2D eigenvalue weighted by molar-refractivity contribution is 7.99. The van der Waals surface area contributed by atoms with Crippen molar-refractivity contribution in [3.8, 4) is 5.75 Å². The Kier molecular flexibility index (Phi) is 3.41. The molecule has 1 aliphatic rings. The number of fused-ring (bicyclic) bond motifs is 2. The minimum absolute atomic E-state index is 0.172. The highest BCUT2D eigenvalue weighted by Crippen LogP contribution is 2.38. The number of Topliss-reactive ketones (excluding diaryl/α,β-unsaturated/α-hetero) is 1. The first-order chi connectivity index (χ1) is 9.92. The molecule has 0 fully saturated rings. The van der Waals surface area contributed by atoms with E-state index in [9.17, 15) is 18.0 Å². The van der Waals surface area contributed by atoms with Gasteiger partial charge in [0, 0.05) is 21.8 Å². The first-order valence-electron chi connectivity index (χ1n) is 6.11. The summed E-state index contributed by atoms with van der Waals surface area (Å²) in [6.45, 7) is 0. The van der Waals surface area contributed by atoms with Gasteiger partial charge in [0.05, 0.1) is 0 Å². The van der Waals surface area contributed by atoms with E-state index in [1.54, 1.807) is 0 Å². The Bertz CT molecular complexity index is 710. The quantitative estimate of drug-likeness (QED) is 0.777. The normalized spacial score (nSPS) is 14.1. The Labute approximate surface area is 122 Å². The maximum atomic E-state index is 12.3. The van der Waals surface area contributed by atoms with E-state index in [-0.39, 0.29) is 23.5 Å². The molecule has 0 saturated heterocycles. The molecular weight excluding hydrogens is 301 g/mol. The van der Waals surface area contributed by atoms with Crippen LogP contribution in [0.2, 0.25) is 0 Å². The van der Waals surface area contributed by atoms with Crippen molar-refractivity contribution in [2.24, 2.45) is 0 Å². The van der Waals surface area contributed by atoms with Crippen LogP contribution in [0.3, 0.4) is 0 Å². The predicted molar refractivity (Wildman–Crippen MR) is 71.7 cm³/mol. The molecular formula is C15H9F3O2S. The van der Waals surface area contributed by atoms with Gasteiger partial charge in [0.1, 0.15) is 5.75 Å². The second-order valence-corrected chi connectivity index (χ2v) is 5.60. The lowest BCUT2D eigenvalue weighted by atomic mass is 10.0. The van der Waals surface area contributed by atoms with E-state index in [0.29, 0.717) is 4.90 Å². The van der Waals surface area contributed by atoms with Crippen molar-refractivity contribution < 1.29 is 22.7 Å². The number of halogens is 3. The molecule has 1 heterocycles. The molecule has 0 N–H and O–H groups in total. The molecule has 3 rings (SSSR count). The summed E-state index contributed by atoms with van der Waals surface area (Å²) in [6.07, 6.45) is -4.59. The van der Waals surface area contributed by atoms with Crippen molar-refractivity contribution in [1.29, 1.82) is 0 Å². The van der Waals surface area contributed by atoms with Gasteiger partial charge in [-0.05, 0) is 29.8 Å². The standard InChI is InChI=1S/C15H9F3O2S/c16-15(17,18)20-10-5-6-14-11(8-10)12(19)7-9-3-1-2-4-13(9)21-14/h1-6,8H,7H2. The topological polar surface area (TPSA) is 26.3 Å². The zero-order chi connectivity index (χ0) is 15.0. The van der Waals surface area contributed by atoms with Gasteiger partial charge in [-0.1, -0.05) is 30.0 Å². The maximum Gasteiger partial charge on any atom is 0.573 e. The molecule has 2 nitrogen and oxygen atoms in total. The minimum Gasteiger partial charge on any atom is -0.406 e. The molecule has 6 heteroatoms. The van der Waals surface area contributed by atoms with Crippen LogP contribution >= 0.6 is 11.8 Å². The van der Waals surface area contributed by atoms with E-state index in [1.165, 1.54) is 23.9 Å². The van der Waals surface area contributed by atoms with Gasteiger partial charge in [-0.15, -0.1) is 13.2 Å². The number of hydrogen-bond acceptors (Lipinski definition) is 3. The SMILES string of the molecule is O=C1Cc2ccccc2Sc2ccc(OC(F)(F)F)cc21. The number of hydrogen-bond donors (Lipinski definition) is 0. The van der Waals surface area contributed by atoms with E-state index in [1.807, 2.05) is 24.3 Å². The van der Waals surface area contributed by atoms with Crippen molar-refractivity contribution in [2.45, 2.75) is 22.6 Å². The summed E-state index contributed by atoms with van der Waals surface area (Å²) >= 11 is 1.38. The summed E-state index contributed by atoms with van der Waals surface area (Å²) < 4.78 is 40.6. The van der Waals surface area contributed by atoms with Crippen LogP contribution in [0.4, 0.5) is 13.2 Å². The van der Waals surface area contributed by atoms with Crippen molar-refractivity contribution in [3.05, 3.63) is 53.6 Å². The van der Waals surface area contributed by atoms with Crippen LogP contribution in [-0.2, 0) is 6.42 Å². The fourth-order valence-corrected chi connectivity index (χ4v) is 3.22. The number of alkyl halides is 3. The molecule has 2 aromatic rings. The Morgan fingerprint density at radius 3 is 2.57 bits per heavy atom. The van der Waals surface area contributed by atoms with Gasteiger partial charge >= 0.3 is 6.36 Å². The number of carbonyl (C=O) groups is 1. The molecule has 0 amide bonds. The van der Waals surface area contributed by atoms with Crippen LogP contribution in [0.15, 0.2) is 52.3 Å². The molecule has 0 aromatic heterocycles. The Balaban J connectivity index is 2.00. The van der Waals surface area contributed by atoms with E-state index < -0.39 is 6.36 Å². The van der Waals surface area contributed by atoms with E-state index >= 15 is 0 Å². The molecule has 0 unspecified atom stereocenters. The first-order valence-corrected chi connectivity index (χ1v) is 6.93. The number of ketones is 1. The number of carbonyl (C=O) groups excluding carboxylic acids is 1. The van der Waals surface area contributed by atoms with Gasteiger partial charge in [-0.3, -0.25) is 4.79 Å². The summed E-state index contributed by atoms with van der Waals surface area (Å²) in [4.78, 5) is 13.8. The van der Waals surface area contributed by atoms with Crippen LogP contribution in [0.1, 0.15) is 15.9 Å². The molecule has 0 saturated carbocycles. The van der Waals surface area contributed by atoms with E-state index in [2.05, 4.69) is 4.74 Å². The van der Waals surface area contributed by atoms with Crippen molar-refractivity contribution in [3.63, 3.8) is 0 Å². The highest BCUT2D eigenvalue weighted by Gasteiger charge is 2.32. The molecule has 108 valence electrons. The second-order valence-electron chi connectivity index (χ2n) is 4.52. The smallest absolute Gasteiger partial charge is 0.406 e. The second kappa shape index (κ2) is 5.11. The molecule has 21 heavy (non-hydrogen) atoms. The van der Waals surface area contributed by atoms with Crippen LogP contribution in [0, 0.1) is 0 Å². The van der Waals surface area contributed by atoms with Gasteiger partial charge in [0.2, 0.25) is 0 Å². The molecule has 0 spiro atoms. The lowest BCUT2D eigenvalue weighted by Gasteiger charge is -2.11. The van der Waals surface area contributed by atoms with Gasteiger partial charge < -0.3 is 4.74 Å². The van der Waals surface area contributed by atoms with Gasteiger partial charge in [0.15, 0.2) is 5.78 Å². The third-order valence-electron chi connectivity index (χ3n) is 3.03. The Morgan fingerprint density at radius 1 is 1.05 bits per heavy atom. The first kappa shape index (κ1) is 14.0. The molecule has 0 aliphatic carbocycles. The number of benzene rings is 2. The molecule has 0 atom stereocenters. The van der Waals surface area contributed by atoms with Gasteiger partial charge in [-0.2, -0.15) is 0 Å². The third-order valence-corrected chi connectivity index (χ3v) is 4.22. The lowest BCUT2D eigenvalue weighted by Crippen LogP contribution is -2.17. The zero-order valence-corrected chi connectivity index (χ0v) is 11.4. The Morgan fingerprint density at radius 2 is 1.81 bits per heavy atom. The summed E-state index contributed by atoms with van der Waals surface area (Å²) in [5.74, 6) is -0.587. The van der Waals surface area contributed by atoms with Crippen LogP contribution < -0.4 is 4.74 Å². The fraction of sp³-hybridized carbons (Fsp3) is 0.133. The minimum atomic E-state index is -4.77. The molecule has 2 aromatic carbocycles. The highest BCUT2D eigenvalue weighted by atomic mass is 32.2. The Hall–Kier alpha value is -1.95. The third kappa shape index (κ3) is 3.05. The van der Waals surface area contributed by atoms with Crippen molar-refractivity contribution >= 4 is 17.5 Å². The van der Waals surface area contributed by atoms with Gasteiger partial charge in [0.25, 0.3) is 0 Å². The average Bonchev–Trinajstić information content (AvgIpc) is 2.53. The summed E-state index contributed by atoms with van der Waals surface area (Å²) in [6, 6.07) is 11.3. The molecule has 0 bridgehead atoms. The summed E-state index contributed by atoms with van der Waals surface area (Å²) in [7, 11) is 0. The van der Waals surface area contributed by atoms with E-state index in [0.717, 1.165) is 16.5 Å². The van der Waals surface area contributed by atoms with Gasteiger partial charge in [-0.25, -0.2) is 0 Å². The summed E-state index contributed by atoms with van der Waals surface area (Å²) in [5, 5.41) is 0. The fourth-order valence-electron chi connectivity index (χ4n) is 2.15. The monoisotopic (exact) mass is 310 g/mol. The number of ether oxygens (including phenoxy) is 1. The number of rotatable bonds is 1. The predicted octanol–water partition coefficient (Wildman–Crippen LogP) is 4.48. The van der Waals surface area contributed by atoms with Crippen molar-refractivity contribution in [1.82, 2.24) is 0 Å².